The molecule has 0 aliphatic carbocycles. The van der Waals surface area contributed by atoms with Gasteiger partial charge in [-0.25, -0.2) is 0 Å². The van der Waals surface area contributed by atoms with E-state index < -0.39 is 0 Å². The first-order valence-corrected chi connectivity index (χ1v) is 10.4. The van der Waals surface area contributed by atoms with Crippen LogP contribution in [0, 0.1) is 20.8 Å². The van der Waals surface area contributed by atoms with Gasteiger partial charge >= 0.3 is 0 Å². The normalized spacial score (nSPS) is 10.6. The second-order valence-corrected chi connectivity index (χ2v) is 8.03. The zero-order valence-corrected chi connectivity index (χ0v) is 18.7. The van der Waals surface area contributed by atoms with Crippen molar-refractivity contribution < 1.29 is 9.53 Å². The van der Waals surface area contributed by atoms with E-state index in [0.29, 0.717) is 17.3 Å². The van der Waals surface area contributed by atoms with Crippen molar-refractivity contribution >= 4 is 40.5 Å². The number of halogens is 2. The Balaban J connectivity index is 1.53. The lowest BCUT2D eigenvalue weighted by Crippen LogP contribution is -2.20. The minimum absolute atomic E-state index is 0.119. The van der Waals surface area contributed by atoms with Crippen molar-refractivity contribution in [2.75, 3.05) is 17.2 Å². The van der Waals surface area contributed by atoms with E-state index in [1.807, 2.05) is 69.3 Å². The van der Waals surface area contributed by atoms with Gasteiger partial charge in [-0.15, -0.1) is 0 Å². The number of aryl methyl sites for hydroxylation is 3. The average Bonchev–Trinajstić information content (AvgIpc) is 2.71. The number of amides is 1. The Morgan fingerprint density at radius 1 is 0.833 bits per heavy atom. The maximum absolute atomic E-state index is 12.2. The molecule has 0 heterocycles. The van der Waals surface area contributed by atoms with Crippen molar-refractivity contribution in [3.05, 3.63) is 86.9 Å². The molecule has 6 heteroatoms. The van der Waals surface area contributed by atoms with Gasteiger partial charge in [0.05, 0.1) is 5.02 Å². The van der Waals surface area contributed by atoms with Gasteiger partial charge in [0, 0.05) is 22.9 Å². The maximum atomic E-state index is 12.2. The summed E-state index contributed by atoms with van der Waals surface area (Å²) in [4.78, 5) is 12.2. The van der Waals surface area contributed by atoms with Crippen LogP contribution >= 0.6 is 23.2 Å². The summed E-state index contributed by atoms with van der Waals surface area (Å²) >= 11 is 12.5. The number of hydrogen-bond donors (Lipinski definition) is 2. The molecule has 3 aromatic rings. The molecule has 0 saturated carbocycles. The summed E-state index contributed by atoms with van der Waals surface area (Å²) in [7, 11) is 0. The largest absolute Gasteiger partial charge is 0.482 e. The van der Waals surface area contributed by atoms with Crippen LogP contribution in [0.1, 0.15) is 22.3 Å². The third-order valence-corrected chi connectivity index (χ3v) is 5.52. The quantitative estimate of drug-likeness (QED) is 0.436. The highest BCUT2D eigenvalue weighted by Crippen LogP contribution is 2.26. The number of hydrogen-bond acceptors (Lipinski definition) is 3. The van der Waals surface area contributed by atoms with Crippen molar-refractivity contribution in [2.24, 2.45) is 0 Å². The minimum Gasteiger partial charge on any atom is -0.482 e. The molecule has 30 heavy (non-hydrogen) atoms. The fourth-order valence-electron chi connectivity index (χ4n) is 2.84. The fraction of sp³-hybridized carbons (Fsp3) is 0.208. The highest BCUT2D eigenvalue weighted by Gasteiger charge is 2.08. The summed E-state index contributed by atoms with van der Waals surface area (Å²) in [5.41, 5.74) is 6.00. The first-order chi connectivity index (χ1) is 14.3. The Morgan fingerprint density at radius 3 is 2.27 bits per heavy atom. The molecule has 156 valence electrons. The summed E-state index contributed by atoms with van der Waals surface area (Å²) in [6.45, 7) is 6.47. The average molecular weight is 443 g/mol. The number of anilines is 2. The Labute approximate surface area is 187 Å². The summed E-state index contributed by atoms with van der Waals surface area (Å²) in [5, 5.41) is 7.32. The SMILES string of the molecule is Cc1ccc(NC(=O)COc2ccc(CNc3ccc(C)c(Cl)c3)cc2Cl)cc1C. The number of carbonyl (C=O) groups is 1. The zero-order chi connectivity index (χ0) is 21.7. The summed E-state index contributed by atoms with van der Waals surface area (Å²) < 4.78 is 5.59. The minimum atomic E-state index is -0.240. The van der Waals surface area contributed by atoms with Crippen LogP contribution in [0.15, 0.2) is 54.6 Å². The molecular formula is C24H24Cl2N2O2. The standard InChI is InChI=1S/C24H24Cl2N2O2/c1-15-4-8-20(10-17(15)3)28-24(29)14-30-23-9-6-18(11-22(23)26)13-27-19-7-5-16(2)21(25)12-19/h4-12,27H,13-14H2,1-3H3,(H,28,29). The van der Waals surface area contributed by atoms with E-state index in [-0.39, 0.29) is 12.5 Å². The molecule has 0 aromatic heterocycles. The molecule has 0 aliphatic rings. The third-order valence-electron chi connectivity index (χ3n) is 4.81. The van der Waals surface area contributed by atoms with E-state index in [9.17, 15) is 4.79 Å². The van der Waals surface area contributed by atoms with Crippen LogP contribution in [0.25, 0.3) is 0 Å². The van der Waals surface area contributed by atoms with Crippen LogP contribution < -0.4 is 15.4 Å². The van der Waals surface area contributed by atoms with Crippen molar-refractivity contribution in [2.45, 2.75) is 27.3 Å². The van der Waals surface area contributed by atoms with Crippen molar-refractivity contribution in [1.82, 2.24) is 0 Å². The first kappa shape index (κ1) is 22.0. The number of ether oxygens (including phenoxy) is 1. The van der Waals surface area contributed by atoms with Gasteiger partial charge in [-0.3, -0.25) is 4.79 Å². The molecule has 0 atom stereocenters. The van der Waals surface area contributed by atoms with Crippen LogP contribution in [0.5, 0.6) is 5.75 Å². The highest BCUT2D eigenvalue weighted by atomic mass is 35.5. The van der Waals surface area contributed by atoms with E-state index >= 15 is 0 Å². The summed E-state index contributed by atoms with van der Waals surface area (Å²) in [5.74, 6) is 0.227. The van der Waals surface area contributed by atoms with E-state index in [2.05, 4.69) is 10.6 Å². The van der Waals surface area contributed by atoms with E-state index in [4.69, 9.17) is 27.9 Å². The van der Waals surface area contributed by atoms with Crippen molar-refractivity contribution in [1.29, 1.82) is 0 Å². The maximum Gasteiger partial charge on any atom is 0.262 e. The van der Waals surface area contributed by atoms with E-state index in [1.54, 1.807) is 6.07 Å². The molecule has 0 radical (unpaired) electrons. The van der Waals surface area contributed by atoms with Gasteiger partial charge in [0.1, 0.15) is 5.75 Å². The molecule has 3 aromatic carbocycles. The molecule has 0 spiro atoms. The van der Waals surface area contributed by atoms with E-state index in [1.165, 1.54) is 5.56 Å². The van der Waals surface area contributed by atoms with Gasteiger partial charge in [-0.2, -0.15) is 0 Å². The number of nitrogens with one attached hydrogen (secondary N) is 2. The van der Waals surface area contributed by atoms with Gasteiger partial charge in [-0.05, 0) is 79.4 Å². The van der Waals surface area contributed by atoms with Crippen LogP contribution in [0.2, 0.25) is 10.0 Å². The van der Waals surface area contributed by atoms with Crippen molar-refractivity contribution in [3.63, 3.8) is 0 Å². The monoisotopic (exact) mass is 442 g/mol. The summed E-state index contributed by atoms with van der Waals surface area (Å²) in [6.07, 6.45) is 0. The first-order valence-electron chi connectivity index (χ1n) is 9.60. The molecule has 2 N–H and O–H groups in total. The van der Waals surface area contributed by atoms with Gasteiger partial charge in [-0.1, -0.05) is 41.4 Å². The van der Waals surface area contributed by atoms with Gasteiger partial charge in [0.25, 0.3) is 5.91 Å². The molecule has 0 unspecified atom stereocenters. The molecule has 1 amide bonds. The predicted molar refractivity (Wildman–Crippen MR) is 125 cm³/mol. The van der Waals surface area contributed by atoms with Crippen LogP contribution in [-0.2, 0) is 11.3 Å². The summed E-state index contributed by atoms with van der Waals surface area (Å²) in [6, 6.07) is 17.1. The molecule has 3 rings (SSSR count). The number of benzene rings is 3. The molecule has 0 fully saturated rings. The Bertz CT molecular complexity index is 1070. The second kappa shape index (κ2) is 9.88. The predicted octanol–water partition coefficient (Wildman–Crippen LogP) is 6.55. The van der Waals surface area contributed by atoms with Crippen molar-refractivity contribution in [3.8, 4) is 5.75 Å². The van der Waals surface area contributed by atoms with E-state index in [0.717, 1.165) is 33.1 Å². The van der Waals surface area contributed by atoms with Crippen LogP contribution in [0.3, 0.4) is 0 Å². The number of rotatable bonds is 7. The molecule has 0 aliphatic heterocycles. The van der Waals surface area contributed by atoms with Gasteiger partial charge < -0.3 is 15.4 Å². The fourth-order valence-corrected chi connectivity index (χ4v) is 3.28. The molecule has 4 nitrogen and oxygen atoms in total. The molecule has 0 saturated heterocycles. The Morgan fingerprint density at radius 2 is 1.57 bits per heavy atom. The lowest BCUT2D eigenvalue weighted by Gasteiger charge is -2.12. The lowest BCUT2D eigenvalue weighted by molar-refractivity contribution is -0.118. The lowest BCUT2D eigenvalue weighted by atomic mass is 10.1. The Hall–Kier alpha value is -2.69. The van der Waals surface area contributed by atoms with Crippen LogP contribution in [0.4, 0.5) is 11.4 Å². The highest BCUT2D eigenvalue weighted by molar-refractivity contribution is 6.32. The van der Waals surface area contributed by atoms with Gasteiger partial charge in [0.15, 0.2) is 6.61 Å². The molecular weight excluding hydrogens is 419 g/mol. The zero-order valence-electron chi connectivity index (χ0n) is 17.2. The second-order valence-electron chi connectivity index (χ2n) is 7.22. The smallest absolute Gasteiger partial charge is 0.262 e. The third kappa shape index (κ3) is 5.91. The van der Waals surface area contributed by atoms with Gasteiger partial charge in [0.2, 0.25) is 0 Å². The van der Waals surface area contributed by atoms with Crippen LogP contribution in [-0.4, -0.2) is 12.5 Å². The molecule has 0 bridgehead atoms. The topological polar surface area (TPSA) is 50.4 Å². The number of carbonyl (C=O) groups excluding carboxylic acids is 1. The Kier molecular flexibility index (Phi) is 7.24.